The Hall–Kier alpha value is -3.50. The van der Waals surface area contributed by atoms with Crippen molar-refractivity contribution in [2.45, 2.75) is 24.0 Å². The number of aromatic nitrogens is 5. The van der Waals surface area contributed by atoms with Crippen LogP contribution in [0, 0.1) is 5.82 Å². The van der Waals surface area contributed by atoms with Gasteiger partial charge in [0.25, 0.3) is 6.36 Å². The molecule has 1 aromatic carbocycles. The van der Waals surface area contributed by atoms with Gasteiger partial charge in [0.15, 0.2) is 0 Å². The fraction of sp³-hybridized carbons (Fsp3) is 0.278. The molecule has 0 unspecified atom stereocenters. The quantitative estimate of drug-likeness (QED) is 0.383. The highest BCUT2D eigenvalue weighted by molar-refractivity contribution is 7.50. The summed E-state index contributed by atoms with van der Waals surface area (Å²) in [5, 5.41) is 20.5. The molecule has 7 rings (SSSR count). The largest absolute Gasteiger partial charge is 0.487 e. The van der Waals surface area contributed by atoms with E-state index in [-0.39, 0.29) is 16.3 Å². The van der Waals surface area contributed by atoms with Crippen molar-refractivity contribution in [3.05, 3.63) is 42.3 Å². The van der Waals surface area contributed by atoms with Crippen LogP contribution in [0.4, 0.5) is 28.0 Å². The topological polar surface area (TPSA) is 151 Å². The molecule has 1 N–H and O–H groups in total. The summed E-state index contributed by atoms with van der Waals surface area (Å²) in [5.74, 6) is -12.5. The number of pyridine rings is 1. The number of phosphoric acid groups is 1. The molecule has 2 bridgehead atoms. The zero-order chi connectivity index (χ0) is 25.7. The lowest BCUT2D eigenvalue weighted by Gasteiger charge is -2.40. The molecule has 36 heavy (non-hydrogen) atoms. The van der Waals surface area contributed by atoms with Gasteiger partial charge in [-0.1, -0.05) is 6.07 Å². The predicted octanol–water partition coefficient (Wildman–Crippen LogP) is 2.49. The Labute approximate surface area is 196 Å². The number of anilines is 1. The van der Waals surface area contributed by atoms with Gasteiger partial charge in [-0.25, -0.2) is 36.6 Å². The number of benzene rings is 1. The minimum atomic E-state index is -4.98. The molecule has 18 heteroatoms. The third-order valence-electron chi connectivity index (χ3n) is 5.60. The third kappa shape index (κ3) is 2.79. The number of aliphatic hydroxyl groups excluding tert-OH is 1. The summed E-state index contributed by atoms with van der Waals surface area (Å²) < 4.78 is 88.5. The van der Waals surface area contributed by atoms with Gasteiger partial charge in [-0.15, -0.1) is 10.2 Å². The summed E-state index contributed by atoms with van der Waals surface area (Å²) in [6.45, 7) is 0. The van der Waals surface area contributed by atoms with Gasteiger partial charge >= 0.3 is 31.5 Å². The molecule has 0 radical (unpaired) electrons. The highest BCUT2D eigenvalue weighted by Gasteiger charge is 2.97. The van der Waals surface area contributed by atoms with Crippen LogP contribution in [-0.4, -0.2) is 60.4 Å². The molecule has 0 aliphatic carbocycles. The Morgan fingerprint density at radius 3 is 2.53 bits per heavy atom. The lowest BCUT2D eigenvalue weighted by molar-refractivity contribution is -0.362. The molecule has 1 amide bonds. The molecule has 4 aliphatic rings. The first kappa shape index (κ1) is 22.9. The molecule has 2 atom stereocenters. The minimum Gasteiger partial charge on any atom is -0.401 e. The molecule has 4 fully saturated rings. The van der Waals surface area contributed by atoms with Gasteiger partial charge in [0.2, 0.25) is 5.82 Å². The second-order valence-corrected chi connectivity index (χ2v) is 9.22. The van der Waals surface area contributed by atoms with E-state index in [2.05, 4.69) is 29.7 Å². The number of alkyl halides is 3. The molecule has 13 nitrogen and oxygen atoms in total. The predicted molar refractivity (Wildman–Crippen MR) is 105 cm³/mol. The van der Waals surface area contributed by atoms with Gasteiger partial charge in [-0.3, -0.25) is 4.98 Å². The van der Waals surface area contributed by atoms with Crippen LogP contribution in [0.25, 0.3) is 22.6 Å². The first-order valence-electron chi connectivity index (χ1n) is 9.87. The van der Waals surface area contributed by atoms with E-state index in [1.165, 1.54) is 29.2 Å². The van der Waals surface area contributed by atoms with Crippen LogP contribution in [0.2, 0.25) is 0 Å². The average Bonchev–Trinajstić information content (AvgIpc) is 3.46. The number of ether oxygens (including phenoxy) is 1. The normalized spacial score (nSPS) is 29.6. The minimum absolute atomic E-state index is 0.00506. The summed E-state index contributed by atoms with van der Waals surface area (Å²) in [6, 6.07) is 6.06. The summed E-state index contributed by atoms with van der Waals surface area (Å²) in [6.07, 6.45) is -4.23. The highest BCUT2D eigenvalue weighted by Crippen LogP contribution is 2.82. The van der Waals surface area contributed by atoms with Crippen molar-refractivity contribution in [2.24, 2.45) is 7.05 Å². The number of phosphoric ester groups is 1. The molecule has 188 valence electrons. The maximum absolute atomic E-state index is 15.1. The highest BCUT2D eigenvalue weighted by atomic mass is 31.2. The number of carbonyl (C=O) groups excluding carboxylic acids is 1. The van der Waals surface area contributed by atoms with E-state index in [0.29, 0.717) is 11.3 Å². The molecule has 4 saturated heterocycles. The fourth-order valence-corrected chi connectivity index (χ4v) is 5.69. The number of aryl methyl sites for hydroxylation is 1. The van der Waals surface area contributed by atoms with Gasteiger partial charge < -0.3 is 9.84 Å². The average molecular weight is 530 g/mol. The Balaban J connectivity index is 1.35. The smallest absolute Gasteiger partial charge is 0.401 e. The van der Waals surface area contributed by atoms with Crippen LogP contribution in [0.5, 0.6) is 0 Å². The molecule has 4 aliphatic heterocycles. The van der Waals surface area contributed by atoms with Crippen molar-refractivity contribution in [2.75, 3.05) is 4.90 Å². The number of hydrogen-bond acceptors (Lipinski definition) is 11. The van der Waals surface area contributed by atoms with Gasteiger partial charge in [-0.2, -0.15) is 13.6 Å². The van der Waals surface area contributed by atoms with E-state index in [1.807, 2.05) is 0 Å². The third-order valence-corrected chi connectivity index (χ3v) is 7.02. The summed E-state index contributed by atoms with van der Waals surface area (Å²) in [5.41, 5.74) is 0.201. The number of carbonyl (C=O) groups is 1. The van der Waals surface area contributed by atoms with Crippen molar-refractivity contribution < 1.29 is 50.3 Å². The molecule has 1 spiro atoms. The number of amides is 1. The van der Waals surface area contributed by atoms with E-state index in [0.717, 1.165) is 12.1 Å². The van der Waals surface area contributed by atoms with E-state index in [4.69, 9.17) is 14.2 Å². The zero-order valence-electron chi connectivity index (χ0n) is 17.6. The molecule has 3 aromatic rings. The maximum atomic E-state index is 15.1. The molecule has 0 saturated carbocycles. The van der Waals surface area contributed by atoms with Crippen LogP contribution < -0.4 is 4.90 Å². The van der Waals surface area contributed by atoms with Crippen LogP contribution in [0.15, 0.2) is 36.5 Å². The number of halogens is 4. The number of hydrogen-bond donors (Lipinski definition) is 1. The Morgan fingerprint density at radius 1 is 1.19 bits per heavy atom. The van der Waals surface area contributed by atoms with Gasteiger partial charge in [0.05, 0.1) is 12.7 Å². The SMILES string of the molecule is Cn1nnc(-c2ccc(-c3ccc(N4C(=O)O[C@@]5(C(F)(F)[C@H](O)F)OP6(=O)OC45O6)cc3F)cn2)n1. The summed E-state index contributed by atoms with van der Waals surface area (Å²) in [7, 11) is -3.10. The number of aliphatic hydroxyl groups is 1. The molecular weight excluding hydrogens is 519 g/mol. The van der Waals surface area contributed by atoms with Crippen molar-refractivity contribution in [1.82, 2.24) is 25.2 Å². The maximum Gasteiger partial charge on any atom is 0.487 e. The number of rotatable bonds is 5. The van der Waals surface area contributed by atoms with E-state index in [9.17, 15) is 22.5 Å². The van der Waals surface area contributed by atoms with E-state index >= 15 is 4.39 Å². The van der Waals surface area contributed by atoms with Crippen molar-refractivity contribution in [3.63, 3.8) is 0 Å². The Bertz CT molecular complexity index is 1460. The molecule has 6 heterocycles. The van der Waals surface area contributed by atoms with Crippen LogP contribution in [0.3, 0.4) is 0 Å². The Morgan fingerprint density at radius 2 is 1.94 bits per heavy atom. The second kappa shape index (κ2) is 7.04. The first-order chi connectivity index (χ1) is 16.9. The molecular formula is C18H11F4N6O7P. The van der Waals surface area contributed by atoms with Crippen molar-refractivity contribution >= 4 is 19.6 Å². The van der Waals surface area contributed by atoms with E-state index in [1.54, 1.807) is 7.05 Å². The van der Waals surface area contributed by atoms with Crippen LogP contribution in [0.1, 0.15) is 0 Å². The Kier molecular flexibility index (Phi) is 4.49. The fourth-order valence-electron chi connectivity index (χ4n) is 4.00. The van der Waals surface area contributed by atoms with Crippen molar-refractivity contribution in [1.29, 1.82) is 0 Å². The van der Waals surface area contributed by atoms with E-state index < -0.39 is 49.4 Å². The number of nitrogens with zero attached hydrogens (tertiary/aromatic N) is 6. The lowest BCUT2D eigenvalue weighted by atomic mass is 10.0. The summed E-state index contributed by atoms with van der Waals surface area (Å²) >= 11 is 0. The second-order valence-electron chi connectivity index (χ2n) is 7.78. The van der Waals surface area contributed by atoms with Crippen LogP contribution >= 0.6 is 7.82 Å². The van der Waals surface area contributed by atoms with Crippen molar-refractivity contribution in [3.8, 4) is 22.6 Å². The zero-order valence-corrected chi connectivity index (χ0v) is 18.5. The van der Waals surface area contributed by atoms with Crippen LogP contribution in [-0.2, 0) is 29.9 Å². The van der Waals surface area contributed by atoms with Gasteiger partial charge in [0, 0.05) is 17.3 Å². The lowest BCUT2D eigenvalue weighted by Crippen LogP contribution is -2.68. The van der Waals surface area contributed by atoms with Gasteiger partial charge in [0.1, 0.15) is 11.5 Å². The molecule has 2 aromatic heterocycles. The first-order valence-corrected chi connectivity index (χ1v) is 11.3. The number of tetrazole rings is 1. The summed E-state index contributed by atoms with van der Waals surface area (Å²) in [4.78, 5) is 18.2. The standard InChI is InChI=1S/C18H11F4N6O7P/c1-27-25-13(24-26-27)12-5-2-8(7-23-12)10-4-3-9(6-11(10)19)28-15(30)32-17(16(21,22)14(20)29)18(28)34-36(31,33-17)35-18/h2-7,14,29H,1H3/t14-,17-,18?,36?/m0/s1. The monoisotopic (exact) mass is 530 g/mol. The van der Waals surface area contributed by atoms with Gasteiger partial charge in [-0.05, 0) is 29.5 Å².